The molecule has 2 rings (SSSR count). The zero-order valence-electron chi connectivity index (χ0n) is 25.1. The standard InChI is InChI=1S/C30H43N7O4/c1-17(2)24(31)28(39)32-25(18(3)4)29(40)33-26(19(5)6)30(41)34-27(38)20-9-11-21(12-10-20)35-36-22-13-15-23(16-14-22)37(7)8/h9-19,24-26H,31H2,1-8H3,(H,32,39)(H,33,40)(H,34,38,41)/t24-,25-,26-/m0/s1. The summed E-state index contributed by atoms with van der Waals surface area (Å²) < 4.78 is 0. The predicted molar refractivity (Wildman–Crippen MR) is 160 cm³/mol. The van der Waals surface area contributed by atoms with E-state index >= 15 is 0 Å². The molecule has 0 aromatic heterocycles. The molecule has 2 aromatic carbocycles. The van der Waals surface area contributed by atoms with Crippen LogP contribution in [0.25, 0.3) is 0 Å². The number of rotatable bonds is 12. The lowest BCUT2D eigenvalue weighted by Gasteiger charge is -2.28. The molecule has 2 aromatic rings. The average Bonchev–Trinajstić information content (AvgIpc) is 2.92. The summed E-state index contributed by atoms with van der Waals surface area (Å²) >= 11 is 0. The molecular formula is C30H43N7O4. The van der Waals surface area contributed by atoms with Gasteiger partial charge >= 0.3 is 0 Å². The predicted octanol–water partition coefficient (Wildman–Crippen LogP) is 3.69. The van der Waals surface area contributed by atoms with Crippen LogP contribution in [0.15, 0.2) is 58.8 Å². The fourth-order valence-corrected chi connectivity index (χ4v) is 3.74. The molecule has 0 radical (unpaired) electrons. The first-order valence-electron chi connectivity index (χ1n) is 13.7. The molecule has 0 saturated carbocycles. The first-order valence-corrected chi connectivity index (χ1v) is 13.7. The molecule has 0 bridgehead atoms. The van der Waals surface area contributed by atoms with Crippen LogP contribution < -0.4 is 26.6 Å². The van der Waals surface area contributed by atoms with E-state index in [1.54, 1.807) is 39.8 Å². The van der Waals surface area contributed by atoms with Gasteiger partial charge in [0.25, 0.3) is 5.91 Å². The Kier molecular flexibility index (Phi) is 12.1. The van der Waals surface area contributed by atoms with E-state index in [1.165, 1.54) is 12.1 Å². The third kappa shape index (κ3) is 9.78. The zero-order valence-corrected chi connectivity index (χ0v) is 25.1. The van der Waals surface area contributed by atoms with Gasteiger partial charge in [0.1, 0.15) is 12.1 Å². The van der Waals surface area contributed by atoms with Crippen LogP contribution in [0.1, 0.15) is 51.9 Å². The van der Waals surface area contributed by atoms with Gasteiger partial charge in [-0.1, -0.05) is 41.5 Å². The van der Waals surface area contributed by atoms with Gasteiger partial charge < -0.3 is 21.3 Å². The Hall–Kier alpha value is -4.12. The first kappa shape index (κ1) is 33.1. The number of carbonyl (C=O) groups excluding carboxylic acids is 4. The van der Waals surface area contributed by atoms with E-state index in [4.69, 9.17) is 5.73 Å². The van der Waals surface area contributed by atoms with Crippen LogP contribution in [0, 0.1) is 17.8 Å². The van der Waals surface area contributed by atoms with Gasteiger partial charge in [-0.05, 0) is 66.3 Å². The van der Waals surface area contributed by atoms with Crippen molar-refractivity contribution in [1.29, 1.82) is 0 Å². The lowest BCUT2D eigenvalue weighted by molar-refractivity contribution is -0.134. The van der Waals surface area contributed by atoms with Gasteiger partial charge in [-0.25, -0.2) is 0 Å². The van der Waals surface area contributed by atoms with E-state index in [2.05, 4.69) is 26.2 Å². The molecule has 11 heteroatoms. The number of nitrogens with two attached hydrogens (primary N) is 1. The zero-order chi connectivity index (χ0) is 30.9. The number of hydrogen-bond donors (Lipinski definition) is 4. The lowest BCUT2D eigenvalue weighted by atomic mass is 9.98. The maximum absolute atomic E-state index is 13.1. The van der Waals surface area contributed by atoms with Crippen LogP contribution >= 0.6 is 0 Å². The Balaban J connectivity index is 2.04. The number of anilines is 1. The summed E-state index contributed by atoms with van der Waals surface area (Å²) in [7, 11) is 3.91. The van der Waals surface area contributed by atoms with Gasteiger partial charge in [-0.3, -0.25) is 24.5 Å². The Morgan fingerprint density at radius 3 is 1.54 bits per heavy atom. The summed E-state index contributed by atoms with van der Waals surface area (Å²) in [5.41, 5.74) is 8.44. The highest BCUT2D eigenvalue weighted by Gasteiger charge is 2.32. The van der Waals surface area contributed by atoms with Crippen LogP contribution in [-0.4, -0.2) is 55.8 Å². The van der Waals surface area contributed by atoms with Crippen molar-refractivity contribution >= 4 is 40.7 Å². The minimum Gasteiger partial charge on any atom is -0.378 e. The van der Waals surface area contributed by atoms with Gasteiger partial charge in [-0.15, -0.1) is 0 Å². The maximum Gasteiger partial charge on any atom is 0.257 e. The third-order valence-corrected chi connectivity index (χ3v) is 6.53. The smallest absolute Gasteiger partial charge is 0.257 e. The Morgan fingerprint density at radius 2 is 1.10 bits per heavy atom. The van der Waals surface area contributed by atoms with Crippen molar-refractivity contribution < 1.29 is 19.2 Å². The van der Waals surface area contributed by atoms with Crippen molar-refractivity contribution in [2.75, 3.05) is 19.0 Å². The first-order chi connectivity index (χ1) is 19.2. The molecule has 0 spiro atoms. The van der Waals surface area contributed by atoms with Crippen LogP contribution in [0.5, 0.6) is 0 Å². The molecule has 0 heterocycles. The Labute approximate surface area is 242 Å². The molecule has 11 nitrogen and oxygen atoms in total. The van der Waals surface area contributed by atoms with Crippen LogP contribution in [0.3, 0.4) is 0 Å². The lowest BCUT2D eigenvalue weighted by Crippen LogP contribution is -2.59. The number of hydrogen-bond acceptors (Lipinski definition) is 8. The summed E-state index contributed by atoms with van der Waals surface area (Å²) in [4.78, 5) is 53.4. The molecule has 0 saturated heterocycles. The van der Waals surface area contributed by atoms with E-state index in [0.29, 0.717) is 11.4 Å². The molecule has 0 fully saturated rings. The monoisotopic (exact) mass is 565 g/mol. The van der Waals surface area contributed by atoms with E-state index in [-0.39, 0.29) is 23.3 Å². The molecule has 5 N–H and O–H groups in total. The second-order valence-electron chi connectivity index (χ2n) is 11.2. The summed E-state index contributed by atoms with van der Waals surface area (Å²) in [6.45, 7) is 10.7. The number of nitrogens with zero attached hydrogens (tertiary/aromatic N) is 3. The largest absolute Gasteiger partial charge is 0.378 e. The summed E-state index contributed by atoms with van der Waals surface area (Å²) in [6.07, 6.45) is 0. The summed E-state index contributed by atoms with van der Waals surface area (Å²) in [5, 5.41) is 16.1. The fourth-order valence-electron chi connectivity index (χ4n) is 3.74. The highest BCUT2D eigenvalue weighted by atomic mass is 16.2. The molecule has 4 amide bonds. The highest BCUT2D eigenvalue weighted by Crippen LogP contribution is 2.21. The molecular weight excluding hydrogens is 522 g/mol. The highest BCUT2D eigenvalue weighted by molar-refractivity contribution is 6.07. The Bertz CT molecular complexity index is 1220. The average molecular weight is 566 g/mol. The van der Waals surface area contributed by atoms with Crippen molar-refractivity contribution in [2.45, 2.75) is 59.7 Å². The van der Waals surface area contributed by atoms with Gasteiger partial charge in [0, 0.05) is 25.3 Å². The van der Waals surface area contributed by atoms with Crippen molar-refractivity contribution in [3.8, 4) is 0 Å². The molecule has 0 aliphatic carbocycles. The van der Waals surface area contributed by atoms with Gasteiger partial charge in [0.15, 0.2) is 0 Å². The van der Waals surface area contributed by atoms with Gasteiger partial charge in [-0.2, -0.15) is 10.2 Å². The normalized spacial score (nSPS) is 13.7. The van der Waals surface area contributed by atoms with Crippen molar-refractivity contribution in [1.82, 2.24) is 16.0 Å². The Morgan fingerprint density at radius 1 is 0.659 bits per heavy atom. The van der Waals surface area contributed by atoms with Crippen molar-refractivity contribution in [2.24, 2.45) is 33.7 Å². The molecule has 41 heavy (non-hydrogen) atoms. The number of amides is 4. The van der Waals surface area contributed by atoms with Crippen molar-refractivity contribution in [3.05, 3.63) is 54.1 Å². The second kappa shape index (κ2) is 15.0. The number of benzene rings is 2. The molecule has 0 aliphatic heterocycles. The van der Waals surface area contributed by atoms with Crippen LogP contribution in [0.4, 0.5) is 17.1 Å². The molecule has 3 atom stereocenters. The fraction of sp³-hybridized carbons (Fsp3) is 0.467. The van der Waals surface area contributed by atoms with Gasteiger partial charge in [0.2, 0.25) is 17.7 Å². The van der Waals surface area contributed by atoms with E-state index in [9.17, 15) is 19.2 Å². The minimum atomic E-state index is -1.00. The number of nitrogens with one attached hydrogen (secondary N) is 3. The molecule has 0 unspecified atom stereocenters. The quantitative estimate of drug-likeness (QED) is 0.287. The molecule has 222 valence electrons. The van der Waals surface area contributed by atoms with Crippen molar-refractivity contribution in [3.63, 3.8) is 0 Å². The topological polar surface area (TPSA) is 158 Å². The number of imide groups is 1. The van der Waals surface area contributed by atoms with Crippen LogP contribution in [0.2, 0.25) is 0 Å². The molecule has 0 aliphatic rings. The van der Waals surface area contributed by atoms with E-state index in [0.717, 1.165) is 5.69 Å². The second-order valence-corrected chi connectivity index (χ2v) is 11.2. The maximum atomic E-state index is 13.1. The number of carbonyl (C=O) groups is 4. The van der Waals surface area contributed by atoms with E-state index < -0.39 is 41.8 Å². The summed E-state index contributed by atoms with van der Waals surface area (Å²) in [5.74, 6) is -2.95. The van der Waals surface area contributed by atoms with Gasteiger partial charge in [0.05, 0.1) is 17.4 Å². The third-order valence-electron chi connectivity index (χ3n) is 6.53. The number of azo groups is 1. The van der Waals surface area contributed by atoms with Crippen LogP contribution in [-0.2, 0) is 14.4 Å². The van der Waals surface area contributed by atoms with E-state index in [1.807, 2.05) is 57.1 Å². The summed E-state index contributed by atoms with van der Waals surface area (Å²) in [6, 6.07) is 11.2. The minimum absolute atomic E-state index is 0.108. The SMILES string of the molecule is CC(C)[C@H](N)C(=O)N[C@H](C(=O)N[C@H](C(=O)NC(=O)c1ccc(N=Nc2ccc(N(C)C)cc2)cc1)C(C)C)C(C)C.